The summed E-state index contributed by atoms with van der Waals surface area (Å²) in [5.41, 5.74) is 7.53. The molecule has 0 saturated carbocycles. The highest BCUT2D eigenvalue weighted by Gasteiger charge is 2.19. The summed E-state index contributed by atoms with van der Waals surface area (Å²) in [6.45, 7) is 5.21. The van der Waals surface area contributed by atoms with Crippen LogP contribution in [0.15, 0.2) is 18.2 Å². The summed E-state index contributed by atoms with van der Waals surface area (Å²) < 4.78 is 24.9. The SMILES string of the molecule is CC(C)Oc1cc(N2CCS(=N)(=O)CC2)ccc1N. The summed E-state index contributed by atoms with van der Waals surface area (Å²) in [5, 5.41) is 0. The molecule has 1 aromatic carbocycles. The van der Waals surface area contributed by atoms with Gasteiger partial charge in [-0.05, 0) is 26.0 Å². The van der Waals surface area contributed by atoms with Crippen LogP contribution in [0.25, 0.3) is 0 Å². The van der Waals surface area contributed by atoms with Crippen molar-refractivity contribution in [3.8, 4) is 5.75 Å². The zero-order valence-corrected chi connectivity index (χ0v) is 12.2. The summed E-state index contributed by atoms with van der Waals surface area (Å²) in [4.78, 5) is 2.13. The topological polar surface area (TPSA) is 79.4 Å². The number of hydrogen-bond donors (Lipinski definition) is 2. The molecular weight excluding hydrogens is 262 g/mol. The summed E-state index contributed by atoms with van der Waals surface area (Å²) in [5.74, 6) is 1.54. The van der Waals surface area contributed by atoms with Crippen molar-refractivity contribution in [2.75, 3.05) is 35.2 Å². The van der Waals surface area contributed by atoms with Gasteiger partial charge in [-0.15, -0.1) is 0 Å². The van der Waals surface area contributed by atoms with E-state index in [1.165, 1.54) is 0 Å². The number of nitrogens with two attached hydrogens (primary N) is 1. The molecule has 0 unspecified atom stereocenters. The Morgan fingerprint density at radius 2 is 2.00 bits per heavy atom. The van der Waals surface area contributed by atoms with E-state index >= 15 is 0 Å². The van der Waals surface area contributed by atoms with Gasteiger partial charge in [0.2, 0.25) is 0 Å². The molecule has 0 spiro atoms. The lowest BCUT2D eigenvalue weighted by molar-refractivity contribution is 0.244. The maximum atomic E-state index is 11.6. The lowest BCUT2D eigenvalue weighted by Gasteiger charge is -2.30. The smallest absolute Gasteiger partial charge is 0.144 e. The first-order valence-electron chi connectivity index (χ1n) is 6.43. The van der Waals surface area contributed by atoms with Crippen LogP contribution in [-0.4, -0.2) is 34.9 Å². The molecule has 0 atom stereocenters. The molecule has 1 aliphatic heterocycles. The molecule has 0 radical (unpaired) electrons. The van der Waals surface area contributed by atoms with E-state index in [0.717, 1.165) is 5.69 Å². The Kier molecular flexibility index (Phi) is 3.89. The van der Waals surface area contributed by atoms with Crippen molar-refractivity contribution in [1.29, 1.82) is 4.78 Å². The third kappa shape index (κ3) is 3.53. The monoisotopic (exact) mass is 283 g/mol. The fraction of sp³-hybridized carbons (Fsp3) is 0.538. The van der Waals surface area contributed by atoms with Gasteiger partial charge in [0.25, 0.3) is 0 Å². The van der Waals surface area contributed by atoms with Gasteiger partial charge in [0.1, 0.15) is 5.75 Å². The molecule has 1 heterocycles. The Hall–Kier alpha value is -1.43. The number of hydrogen-bond acceptors (Lipinski definition) is 5. The van der Waals surface area contributed by atoms with E-state index in [2.05, 4.69) is 4.90 Å². The molecule has 0 amide bonds. The lowest BCUT2D eigenvalue weighted by atomic mass is 10.2. The molecule has 0 bridgehead atoms. The summed E-state index contributed by atoms with van der Waals surface area (Å²) in [6.07, 6.45) is 0.0749. The van der Waals surface area contributed by atoms with Crippen molar-refractivity contribution in [1.82, 2.24) is 0 Å². The van der Waals surface area contributed by atoms with Gasteiger partial charge in [-0.2, -0.15) is 0 Å². The van der Waals surface area contributed by atoms with Crippen LogP contribution >= 0.6 is 0 Å². The molecule has 0 aromatic heterocycles. The van der Waals surface area contributed by atoms with Crippen LogP contribution in [-0.2, 0) is 9.73 Å². The third-order valence-electron chi connectivity index (χ3n) is 3.11. The van der Waals surface area contributed by atoms with Crippen LogP contribution < -0.4 is 15.4 Å². The Morgan fingerprint density at radius 1 is 1.37 bits per heavy atom. The first kappa shape index (κ1) is 14.0. The number of nitrogens with one attached hydrogen (secondary N) is 1. The van der Waals surface area contributed by atoms with Crippen LogP contribution in [0.1, 0.15) is 13.8 Å². The highest BCUT2D eigenvalue weighted by molar-refractivity contribution is 7.92. The average molecular weight is 283 g/mol. The summed E-state index contributed by atoms with van der Waals surface area (Å²) >= 11 is 0. The molecule has 19 heavy (non-hydrogen) atoms. The number of rotatable bonds is 3. The van der Waals surface area contributed by atoms with E-state index in [1.807, 2.05) is 32.0 Å². The van der Waals surface area contributed by atoms with Crippen LogP contribution in [0, 0.1) is 4.78 Å². The Morgan fingerprint density at radius 3 is 2.58 bits per heavy atom. The van der Waals surface area contributed by atoms with Crippen molar-refractivity contribution < 1.29 is 8.95 Å². The molecule has 3 N–H and O–H groups in total. The van der Waals surface area contributed by atoms with Gasteiger partial charge in [0.15, 0.2) is 0 Å². The minimum atomic E-state index is -2.36. The average Bonchev–Trinajstić information content (AvgIpc) is 2.32. The minimum Gasteiger partial charge on any atom is -0.489 e. The van der Waals surface area contributed by atoms with Crippen molar-refractivity contribution in [2.45, 2.75) is 20.0 Å². The van der Waals surface area contributed by atoms with Crippen LogP contribution in [0.3, 0.4) is 0 Å². The second-order valence-electron chi connectivity index (χ2n) is 5.10. The standard InChI is InChI=1S/C13H21N3O2S/c1-10(2)18-13-9-11(3-4-12(13)14)16-5-7-19(15,17)8-6-16/h3-4,9-10,15H,5-8,14H2,1-2H3. The third-order valence-corrected chi connectivity index (χ3v) is 4.79. The van der Waals surface area contributed by atoms with Crippen molar-refractivity contribution in [3.05, 3.63) is 18.2 Å². The van der Waals surface area contributed by atoms with Gasteiger partial charge in [-0.3, -0.25) is 4.78 Å². The molecule has 1 saturated heterocycles. The van der Waals surface area contributed by atoms with Crippen molar-refractivity contribution in [3.63, 3.8) is 0 Å². The summed E-state index contributed by atoms with van der Waals surface area (Å²) in [7, 11) is -2.36. The van der Waals surface area contributed by atoms with Gasteiger partial charge in [-0.25, -0.2) is 4.21 Å². The Labute approximate surface area is 114 Å². The van der Waals surface area contributed by atoms with Gasteiger partial charge in [-0.1, -0.05) is 0 Å². The molecule has 1 aromatic rings. The van der Waals surface area contributed by atoms with Crippen LogP contribution in [0.2, 0.25) is 0 Å². The molecular formula is C13H21N3O2S. The molecule has 5 nitrogen and oxygen atoms in total. The van der Waals surface area contributed by atoms with Crippen LogP contribution in [0.5, 0.6) is 5.75 Å². The predicted molar refractivity (Wildman–Crippen MR) is 79.4 cm³/mol. The molecule has 1 aliphatic rings. The highest BCUT2D eigenvalue weighted by atomic mass is 32.2. The molecule has 0 aliphatic carbocycles. The van der Waals surface area contributed by atoms with E-state index in [0.29, 0.717) is 36.0 Å². The second kappa shape index (κ2) is 5.28. The van der Waals surface area contributed by atoms with E-state index in [4.69, 9.17) is 15.3 Å². The van der Waals surface area contributed by atoms with E-state index in [-0.39, 0.29) is 6.10 Å². The van der Waals surface area contributed by atoms with E-state index in [9.17, 15) is 4.21 Å². The minimum absolute atomic E-state index is 0.0749. The first-order chi connectivity index (χ1) is 8.87. The number of benzene rings is 1. The van der Waals surface area contributed by atoms with Gasteiger partial charge in [0.05, 0.1) is 11.8 Å². The number of ether oxygens (including phenoxy) is 1. The van der Waals surface area contributed by atoms with E-state index in [1.54, 1.807) is 0 Å². The zero-order valence-electron chi connectivity index (χ0n) is 11.4. The lowest BCUT2D eigenvalue weighted by Crippen LogP contribution is -2.39. The number of anilines is 2. The number of nitrogen functional groups attached to an aromatic ring is 1. The Balaban J connectivity index is 2.17. The predicted octanol–water partition coefficient (Wildman–Crippen LogP) is 1.92. The largest absolute Gasteiger partial charge is 0.489 e. The van der Waals surface area contributed by atoms with Crippen LogP contribution in [0.4, 0.5) is 11.4 Å². The zero-order chi connectivity index (χ0) is 14.0. The van der Waals surface area contributed by atoms with Gasteiger partial charge < -0.3 is 15.4 Å². The normalized spacial score (nSPS) is 18.6. The Bertz CT molecular complexity index is 541. The second-order valence-corrected chi connectivity index (χ2v) is 7.54. The van der Waals surface area contributed by atoms with E-state index < -0.39 is 9.73 Å². The quantitative estimate of drug-likeness (QED) is 0.831. The fourth-order valence-corrected chi connectivity index (χ4v) is 3.30. The maximum absolute atomic E-state index is 11.6. The molecule has 106 valence electrons. The summed E-state index contributed by atoms with van der Waals surface area (Å²) in [6, 6.07) is 5.70. The molecule has 1 fully saturated rings. The molecule has 2 rings (SSSR count). The number of nitrogens with zero attached hydrogens (tertiary/aromatic N) is 1. The molecule has 6 heteroatoms. The van der Waals surface area contributed by atoms with Crippen molar-refractivity contribution >= 4 is 21.1 Å². The fourth-order valence-electron chi connectivity index (χ4n) is 2.06. The van der Waals surface area contributed by atoms with Gasteiger partial charge in [0, 0.05) is 46.1 Å². The maximum Gasteiger partial charge on any atom is 0.144 e. The van der Waals surface area contributed by atoms with Crippen molar-refractivity contribution in [2.24, 2.45) is 0 Å². The first-order valence-corrected chi connectivity index (χ1v) is 8.32. The van der Waals surface area contributed by atoms with Gasteiger partial charge >= 0.3 is 0 Å². The highest BCUT2D eigenvalue weighted by Crippen LogP contribution is 2.29.